The minimum absolute atomic E-state index is 0.0423. The van der Waals surface area contributed by atoms with Crippen molar-refractivity contribution in [2.45, 2.75) is 6.92 Å². The Morgan fingerprint density at radius 3 is 2.42 bits per heavy atom. The monoisotopic (exact) mass is 262 g/mol. The van der Waals surface area contributed by atoms with E-state index in [1.807, 2.05) is 4.90 Å². The van der Waals surface area contributed by atoms with Crippen LogP contribution in [0.15, 0.2) is 18.3 Å². The van der Waals surface area contributed by atoms with Crippen molar-refractivity contribution in [3.63, 3.8) is 0 Å². The Kier molecular flexibility index (Phi) is 4.11. The molecule has 1 saturated heterocycles. The zero-order valence-electron chi connectivity index (χ0n) is 11.0. The highest BCUT2D eigenvalue weighted by molar-refractivity contribution is 5.95. The van der Waals surface area contributed by atoms with Gasteiger partial charge in [0.05, 0.1) is 5.56 Å². The quantitative estimate of drug-likeness (QED) is 0.829. The SMILES string of the molecule is CCN1CCN(C(=O)c2ccc(C(N)=O)nc2)CC1. The molecule has 0 aliphatic carbocycles. The van der Waals surface area contributed by atoms with Crippen LogP contribution >= 0.6 is 0 Å². The summed E-state index contributed by atoms with van der Waals surface area (Å²) in [6.45, 7) is 6.37. The van der Waals surface area contributed by atoms with E-state index >= 15 is 0 Å². The molecule has 0 saturated carbocycles. The van der Waals surface area contributed by atoms with E-state index in [9.17, 15) is 9.59 Å². The van der Waals surface area contributed by atoms with E-state index < -0.39 is 5.91 Å². The van der Waals surface area contributed by atoms with Crippen molar-refractivity contribution in [1.82, 2.24) is 14.8 Å². The van der Waals surface area contributed by atoms with E-state index in [4.69, 9.17) is 5.73 Å². The molecule has 1 aliphatic heterocycles. The Morgan fingerprint density at radius 1 is 1.26 bits per heavy atom. The van der Waals surface area contributed by atoms with Crippen LogP contribution in [0.25, 0.3) is 0 Å². The molecule has 1 aliphatic rings. The Labute approximate surface area is 112 Å². The Balaban J connectivity index is 2.02. The molecule has 19 heavy (non-hydrogen) atoms. The van der Waals surface area contributed by atoms with Crippen LogP contribution in [-0.2, 0) is 0 Å². The summed E-state index contributed by atoms with van der Waals surface area (Å²) in [5.41, 5.74) is 5.78. The normalized spacial score (nSPS) is 16.4. The van der Waals surface area contributed by atoms with E-state index in [1.165, 1.54) is 12.3 Å². The predicted molar refractivity (Wildman–Crippen MR) is 70.8 cm³/mol. The highest BCUT2D eigenvalue weighted by Gasteiger charge is 2.21. The van der Waals surface area contributed by atoms with Crippen molar-refractivity contribution in [3.05, 3.63) is 29.6 Å². The van der Waals surface area contributed by atoms with E-state index in [0.717, 1.165) is 32.7 Å². The third-order valence-corrected chi connectivity index (χ3v) is 3.37. The molecule has 2 rings (SSSR count). The number of hydrogen-bond acceptors (Lipinski definition) is 4. The molecular weight excluding hydrogens is 244 g/mol. The van der Waals surface area contributed by atoms with Crippen LogP contribution in [0.2, 0.25) is 0 Å². The lowest BCUT2D eigenvalue weighted by Gasteiger charge is -2.34. The van der Waals surface area contributed by atoms with Crippen molar-refractivity contribution in [2.24, 2.45) is 5.73 Å². The maximum Gasteiger partial charge on any atom is 0.267 e. The number of pyridine rings is 1. The number of primary amides is 1. The average Bonchev–Trinajstić information content (AvgIpc) is 2.46. The van der Waals surface area contributed by atoms with Gasteiger partial charge in [0.25, 0.3) is 11.8 Å². The van der Waals surface area contributed by atoms with E-state index in [-0.39, 0.29) is 11.6 Å². The van der Waals surface area contributed by atoms with Crippen LogP contribution < -0.4 is 5.73 Å². The maximum absolute atomic E-state index is 12.2. The summed E-state index contributed by atoms with van der Waals surface area (Å²) in [5.74, 6) is -0.630. The van der Waals surface area contributed by atoms with Crippen LogP contribution in [0.4, 0.5) is 0 Å². The first-order valence-electron chi connectivity index (χ1n) is 6.39. The number of piperazine rings is 1. The van der Waals surface area contributed by atoms with Gasteiger partial charge in [-0.3, -0.25) is 14.6 Å². The lowest BCUT2D eigenvalue weighted by Crippen LogP contribution is -2.48. The smallest absolute Gasteiger partial charge is 0.267 e. The Hall–Kier alpha value is -1.95. The zero-order chi connectivity index (χ0) is 13.8. The topological polar surface area (TPSA) is 79.5 Å². The summed E-state index contributed by atoms with van der Waals surface area (Å²) in [4.78, 5) is 31.1. The molecule has 1 fully saturated rings. The number of carbonyl (C=O) groups is 2. The molecule has 0 aromatic carbocycles. The number of hydrogen-bond donors (Lipinski definition) is 1. The molecule has 102 valence electrons. The molecule has 1 aromatic rings. The van der Waals surface area contributed by atoms with Crippen LogP contribution in [0, 0.1) is 0 Å². The molecule has 6 heteroatoms. The van der Waals surface area contributed by atoms with Gasteiger partial charge >= 0.3 is 0 Å². The fraction of sp³-hybridized carbons (Fsp3) is 0.462. The van der Waals surface area contributed by atoms with Gasteiger partial charge in [0.2, 0.25) is 0 Å². The molecule has 1 aromatic heterocycles. The van der Waals surface area contributed by atoms with Crippen molar-refractivity contribution in [2.75, 3.05) is 32.7 Å². The zero-order valence-corrected chi connectivity index (χ0v) is 11.0. The highest BCUT2D eigenvalue weighted by Crippen LogP contribution is 2.08. The van der Waals surface area contributed by atoms with Crippen LogP contribution in [0.3, 0.4) is 0 Å². The average molecular weight is 262 g/mol. The maximum atomic E-state index is 12.2. The Bertz CT molecular complexity index is 464. The first-order chi connectivity index (χ1) is 9.11. The summed E-state index contributed by atoms with van der Waals surface area (Å²) >= 11 is 0. The number of rotatable bonds is 3. The molecular formula is C13H18N4O2. The molecule has 0 radical (unpaired) electrons. The molecule has 0 unspecified atom stereocenters. The van der Waals surface area contributed by atoms with Gasteiger partial charge in [0, 0.05) is 32.4 Å². The van der Waals surface area contributed by atoms with E-state index in [0.29, 0.717) is 5.56 Å². The van der Waals surface area contributed by atoms with Gasteiger partial charge in [-0.25, -0.2) is 0 Å². The van der Waals surface area contributed by atoms with Gasteiger partial charge in [0.1, 0.15) is 5.69 Å². The van der Waals surface area contributed by atoms with Crippen LogP contribution in [0.1, 0.15) is 27.8 Å². The van der Waals surface area contributed by atoms with E-state index in [2.05, 4.69) is 16.8 Å². The lowest BCUT2D eigenvalue weighted by molar-refractivity contribution is 0.0642. The lowest BCUT2D eigenvalue weighted by atomic mass is 10.2. The van der Waals surface area contributed by atoms with Gasteiger partial charge < -0.3 is 15.5 Å². The second-order valence-electron chi connectivity index (χ2n) is 4.52. The fourth-order valence-electron chi connectivity index (χ4n) is 2.12. The summed E-state index contributed by atoms with van der Waals surface area (Å²) in [5, 5.41) is 0. The van der Waals surface area contributed by atoms with Gasteiger partial charge in [0.15, 0.2) is 0 Å². The van der Waals surface area contributed by atoms with E-state index in [1.54, 1.807) is 6.07 Å². The summed E-state index contributed by atoms with van der Waals surface area (Å²) in [7, 11) is 0. The van der Waals surface area contributed by atoms with Crippen LogP contribution in [-0.4, -0.2) is 59.3 Å². The molecule has 2 amide bonds. The highest BCUT2D eigenvalue weighted by atomic mass is 16.2. The molecule has 2 heterocycles. The molecule has 2 N–H and O–H groups in total. The van der Waals surface area contributed by atoms with Crippen molar-refractivity contribution in [3.8, 4) is 0 Å². The van der Waals surface area contributed by atoms with Crippen molar-refractivity contribution >= 4 is 11.8 Å². The number of amides is 2. The first-order valence-corrected chi connectivity index (χ1v) is 6.39. The third-order valence-electron chi connectivity index (χ3n) is 3.37. The number of nitrogens with zero attached hydrogens (tertiary/aromatic N) is 3. The standard InChI is InChI=1S/C13H18N4O2/c1-2-16-5-7-17(8-6-16)13(19)10-3-4-11(12(14)18)15-9-10/h3-4,9H,2,5-8H2,1H3,(H2,14,18). The first kappa shape index (κ1) is 13.5. The molecule has 6 nitrogen and oxygen atoms in total. The summed E-state index contributed by atoms with van der Waals surface area (Å²) in [6, 6.07) is 3.08. The van der Waals surface area contributed by atoms with Gasteiger partial charge in [-0.15, -0.1) is 0 Å². The second-order valence-corrected chi connectivity index (χ2v) is 4.52. The molecule has 0 spiro atoms. The molecule has 0 atom stereocenters. The van der Waals surface area contributed by atoms with Gasteiger partial charge in [-0.1, -0.05) is 6.92 Å². The third kappa shape index (κ3) is 3.08. The van der Waals surface area contributed by atoms with Gasteiger partial charge in [-0.2, -0.15) is 0 Å². The van der Waals surface area contributed by atoms with Crippen LogP contribution in [0.5, 0.6) is 0 Å². The largest absolute Gasteiger partial charge is 0.364 e. The number of likely N-dealkylation sites (N-methyl/N-ethyl adjacent to an activating group) is 1. The van der Waals surface area contributed by atoms with Crippen molar-refractivity contribution < 1.29 is 9.59 Å². The number of aromatic nitrogens is 1. The second kappa shape index (κ2) is 5.79. The summed E-state index contributed by atoms with van der Waals surface area (Å²) < 4.78 is 0. The number of nitrogens with two attached hydrogens (primary N) is 1. The fourth-order valence-corrected chi connectivity index (χ4v) is 2.12. The molecule has 0 bridgehead atoms. The minimum atomic E-state index is -0.587. The van der Waals surface area contributed by atoms with Gasteiger partial charge in [-0.05, 0) is 18.7 Å². The minimum Gasteiger partial charge on any atom is -0.364 e. The summed E-state index contributed by atoms with van der Waals surface area (Å²) in [6.07, 6.45) is 1.41. The predicted octanol–water partition coefficient (Wildman–Crippen LogP) is -0.0418. The van der Waals surface area contributed by atoms with Crippen molar-refractivity contribution in [1.29, 1.82) is 0 Å². The Morgan fingerprint density at radius 2 is 1.95 bits per heavy atom. The number of carbonyl (C=O) groups excluding carboxylic acids is 2.